The maximum absolute atomic E-state index is 11.8. The standard InChI is InChI=1S/C15H22N2O2S.ClH/c1-19-12-4-6-13(7-5-12)20-9-8-15(18)17-14(10-16)11-2-3-11;/h4-7,11,14H,2-3,8-10,16H2,1H3,(H,17,18);1H. The van der Waals surface area contributed by atoms with Crippen molar-refractivity contribution in [1.29, 1.82) is 0 Å². The summed E-state index contributed by atoms with van der Waals surface area (Å²) in [5.41, 5.74) is 5.68. The van der Waals surface area contributed by atoms with E-state index < -0.39 is 0 Å². The molecule has 1 aromatic carbocycles. The minimum Gasteiger partial charge on any atom is -0.497 e. The van der Waals surface area contributed by atoms with Gasteiger partial charge in [-0.15, -0.1) is 24.2 Å². The highest BCUT2D eigenvalue weighted by Gasteiger charge is 2.30. The van der Waals surface area contributed by atoms with Crippen LogP contribution in [-0.2, 0) is 4.79 Å². The Morgan fingerprint density at radius 3 is 2.62 bits per heavy atom. The molecule has 0 aromatic heterocycles. The van der Waals surface area contributed by atoms with Crippen molar-refractivity contribution in [1.82, 2.24) is 5.32 Å². The van der Waals surface area contributed by atoms with Gasteiger partial charge in [-0.05, 0) is 43.0 Å². The summed E-state index contributed by atoms with van der Waals surface area (Å²) < 4.78 is 5.11. The van der Waals surface area contributed by atoms with Crippen molar-refractivity contribution in [3.05, 3.63) is 24.3 Å². The molecule has 4 nitrogen and oxygen atoms in total. The average Bonchev–Trinajstić information content (AvgIpc) is 3.30. The zero-order valence-electron chi connectivity index (χ0n) is 12.2. The number of hydrogen-bond acceptors (Lipinski definition) is 4. The first-order valence-electron chi connectivity index (χ1n) is 6.99. The van der Waals surface area contributed by atoms with Gasteiger partial charge in [-0.3, -0.25) is 4.79 Å². The molecule has 0 radical (unpaired) electrons. The summed E-state index contributed by atoms with van der Waals surface area (Å²) in [5, 5.41) is 3.04. The normalized spacial score (nSPS) is 15.0. The fourth-order valence-electron chi connectivity index (χ4n) is 2.08. The zero-order chi connectivity index (χ0) is 14.4. The molecule has 0 bridgehead atoms. The predicted octanol–water partition coefficient (Wildman–Crippen LogP) is 2.45. The number of halogens is 1. The van der Waals surface area contributed by atoms with Crippen LogP contribution < -0.4 is 15.8 Å². The maximum Gasteiger partial charge on any atom is 0.221 e. The van der Waals surface area contributed by atoms with Crippen LogP contribution in [0.25, 0.3) is 0 Å². The first-order chi connectivity index (χ1) is 9.72. The van der Waals surface area contributed by atoms with Gasteiger partial charge in [-0.25, -0.2) is 0 Å². The van der Waals surface area contributed by atoms with Gasteiger partial charge in [0.15, 0.2) is 0 Å². The summed E-state index contributed by atoms with van der Waals surface area (Å²) in [5.74, 6) is 2.34. The molecule has 0 heterocycles. The van der Waals surface area contributed by atoms with E-state index in [1.807, 2.05) is 24.3 Å². The third-order valence-corrected chi connectivity index (χ3v) is 4.46. The lowest BCUT2D eigenvalue weighted by atomic mass is 10.2. The predicted molar refractivity (Wildman–Crippen MR) is 89.3 cm³/mol. The largest absolute Gasteiger partial charge is 0.497 e. The van der Waals surface area contributed by atoms with Crippen molar-refractivity contribution < 1.29 is 9.53 Å². The first-order valence-corrected chi connectivity index (χ1v) is 7.97. The molecule has 1 aliphatic rings. The molecule has 3 N–H and O–H groups in total. The summed E-state index contributed by atoms with van der Waals surface area (Å²) in [4.78, 5) is 13.0. The fourth-order valence-corrected chi connectivity index (χ4v) is 2.93. The molecule has 0 spiro atoms. The highest BCUT2D eigenvalue weighted by Crippen LogP contribution is 2.32. The Morgan fingerprint density at radius 1 is 1.43 bits per heavy atom. The molecule has 1 atom stereocenters. The number of nitrogens with two attached hydrogens (primary N) is 1. The Kier molecular flexibility index (Phi) is 7.93. The highest BCUT2D eigenvalue weighted by molar-refractivity contribution is 7.99. The molecule has 1 unspecified atom stereocenters. The van der Waals surface area contributed by atoms with Crippen molar-refractivity contribution in [2.24, 2.45) is 11.7 Å². The monoisotopic (exact) mass is 330 g/mol. The van der Waals surface area contributed by atoms with Crippen molar-refractivity contribution in [2.45, 2.75) is 30.2 Å². The molecule has 118 valence electrons. The number of thioether (sulfide) groups is 1. The fraction of sp³-hybridized carbons (Fsp3) is 0.533. The third-order valence-electron chi connectivity index (χ3n) is 3.45. The number of nitrogens with one attached hydrogen (secondary N) is 1. The van der Waals surface area contributed by atoms with Crippen molar-refractivity contribution in [3.8, 4) is 5.75 Å². The summed E-state index contributed by atoms with van der Waals surface area (Å²) in [7, 11) is 1.65. The van der Waals surface area contributed by atoms with Gasteiger partial charge in [0, 0.05) is 29.7 Å². The van der Waals surface area contributed by atoms with Crippen LogP contribution in [0, 0.1) is 5.92 Å². The number of amides is 1. The van der Waals surface area contributed by atoms with Crippen molar-refractivity contribution in [3.63, 3.8) is 0 Å². The number of ether oxygens (including phenoxy) is 1. The SMILES string of the molecule is COc1ccc(SCCC(=O)NC(CN)C2CC2)cc1.Cl. The number of benzene rings is 1. The quantitative estimate of drug-likeness (QED) is 0.719. The minimum absolute atomic E-state index is 0. The van der Waals surface area contributed by atoms with E-state index >= 15 is 0 Å². The summed E-state index contributed by atoms with van der Waals surface area (Å²) in [6.07, 6.45) is 2.92. The molecule has 1 amide bonds. The zero-order valence-corrected chi connectivity index (χ0v) is 13.8. The molecule has 6 heteroatoms. The number of carbonyl (C=O) groups is 1. The topological polar surface area (TPSA) is 64.3 Å². The van der Waals surface area contributed by atoms with E-state index in [0.29, 0.717) is 18.9 Å². The molecule has 1 aliphatic carbocycles. The molecule has 1 saturated carbocycles. The molecular weight excluding hydrogens is 308 g/mol. The Balaban J connectivity index is 0.00000220. The van der Waals surface area contributed by atoms with E-state index in [9.17, 15) is 4.79 Å². The van der Waals surface area contributed by atoms with Gasteiger partial charge in [0.2, 0.25) is 5.91 Å². The Labute approximate surface area is 136 Å². The van der Waals surface area contributed by atoms with Crippen LogP contribution in [0.2, 0.25) is 0 Å². The van der Waals surface area contributed by atoms with E-state index in [-0.39, 0.29) is 24.4 Å². The molecule has 0 aliphatic heterocycles. The van der Waals surface area contributed by atoms with Gasteiger partial charge in [0.05, 0.1) is 7.11 Å². The lowest BCUT2D eigenvalue weighted by Crippen LogP contribution is -2.41. The van der Waals surface area contributed by atoms with Crippen LogP contribution in [0.5, 0.6) is 5.75 Å². The van der Waals surface area contributed by atoms with Gasteiger partial charge < -0.3 is 15.8 Å². The highest BCUT2D eigenvalue weighted by atomic mass is 35.5. The van der Waals surface area contributed by atoms with Crippen LogP contribution in [0.3, 0.4) is 0 Å². The number of carbonyl (C=O) groups excluding carboxylic acids is 1. The van der Waals surface area contributed by atoms with Gasteiger partial charge in [0.1, 0.15) is 5.75 Å². The smallest absolute Gasteiger partial charge is 0.221 e. The van der Waals surface area contributed by atoms with Crippen LogP contribution in [0.1, 0.15) is 19.3 Å². The second kappa shape index (κ2) is 9.18. The van der Waals surface area contributed by atoms with E-state index in [4.69, 9.17) is 10.5 Å². The van der Waals surface area contributed by atoms with Crippen molar-refractivity contribution in [2.75, 3.05) is 19.4 Å². The molecule has 0 saturated heterocycles. The van der Waals surface area contributed by atoms with Crippen LogP contribution in [0.15, 0.2) is 29.2 Å². The van der Waals surface area contributed by atoms with E-state index in [0.717, 1.165) is 16.4 Å². The molecular formula is C15H23ClN2O2S. The average molecular weight is 331 g/mol. The van der Waals surface area contributed by atoms with E-state index in [2.05, 4.69) is 5.32 Å². The number of rotatable bonds is 8. The van der Waals surface area contributed by atoms with E-state index in [1.54, 1.807) is 18.9 Å². The van der Waals surface area contributed by atoms with E-state index in [1.165, 1.54) is 12.8 Å². The third kappa shape index (κ3) is 6.16. The van der Waals surface area contributed by atoms with Gasteiger partial charge in [0.25, 0.3) is 0 Å². The molecule has 1 fully saturated rings. The molecule has 21 heavy (non-hydrogen) atoms. The summed E-state index contributed by atoms with van der Waals surface area (Å²) in [6, 6.07) is 8.05. The van der Waals surface area contributed by atoms with Crippen LogP contribution >= 0.6 is 24.2 Å². The lowest BCUT2D eigenvalue weighted by molar-refractivity contribution is -0.121. The van der Waals surface area contributed by atoms with Gasteiger partial charge in [-0.1, -0.05) is 0 Å². The van der Waals surface area contributed by atoms with Gasteiger partial charge >= 0.3 is 0 Å². The second-order valence-electron chi connectivity index (χ2n) is 5.02. The van der Waals surface area contributed by atoms with Crippen LogP contribution in [0.4, 0.5) is 0 Å². The number of hydrogen-bond donors (Lipinski definition) is 2. The molecule has 2 rings (SSSR count). The minimum atomic E-state index is 0. The Bertz CT molecular complexity index is 438. The van der Waals surface area contributed by atoms with Crippen LogP contribution in [-0.4, -0.2) is 31.4 Å². The Morgan fingerprint density at radius 2 is 2.10 bits per heavy atom. The lowest BCUT2D eigenvalue weighted by Gasteiger charge is -2.15. The summed E-state index contributed by atoms with van der Waals surface area (Å²) >= 11 is 1.68. The summed E-state index contributed by atoms with van der Waals surface area (Å²) in [6.45, 7) is 0.544. The maximum atomic E-state index is 11.8. The Hall–Kier alpha value is -0.910. The molecule has 1 aromatic rings. The van der Waals surface area contributed by atoms with Gasteiger partial charge in [-0.2, -0.15) is 0 Å². The first kappa shape index (κ1) is 18.1. The van der Waals surface area contributed by atoms with Crippen molar-refractivity contribution >= 4 is 30.1 Å². The number of methoxy groups -OCH3 is 1. The second-order valence-corrected chi connectivity index (χ2v) is 6.19.